The van der Waals surface area contributed by atoms with Crippen molar-refractivity contribution in [1.29, 1.82) is 0 Å². The summed E-state index contributed by atoms with van der Waals surface area (Å²) in [6.45, 7) is 7.63. The Morgan fingerprint density at radius 3 is 2.39 bits per heavy atom. The fourth-order valence-electron chi connectivity index (χ4n) is 2.25. The van der Waals surface area contributed by atoms with Crippen molar-refractivity contribution < 1.29 is 14.3 Å². The molecule has 0 radical (unpaired) electrons. The smallest absolute Gasteiger partial charge is 0.306 e. The van der Waals surface area contributed by atoms with Crippen LogP contribution in [0.3, 0.4) is 0 Å². The maximum Gasteiger partial charge on any atom is 0.306 e. The highest BCUT2D eigenvalue weighted by molar-refractivity contribution is 5.81. The highest BCUT2D eigenvalue weighted by Crippen LogP contribution is 2.24. The van der Waals surface area contributed by atoms with Crippen molar-refractivity contribution >= 4 is 11.9 Å². The van der Waals surface area contributed by atoms with E-state index >= 15 is 0 Å². The highest BCUT2D eigenvalue weighted by Gasteiger charge is 2.25. The lowest BCUT2D eigenvalue weighted by molar-refractivity contribution is -0.155. The van der Waals surface area contributed by atoms with E-state index in [1.54, 1.807) is 0 Å². The van der Waals surface area contributed by atoms with Crippen molar-refractivity contribution in [2.75, 3.05) is 0 Å². The molecular formula is C14H25NO3. The van der Waals surface area contributed by atoms with Crippen molar-refractivity contribution in [3.63, 3.8) is 0 Å². The average Bonchev–Trinajstić information content (AvgIpc) is 2.59. The number of hydrogen-bond acceptors (Lipinski definition) is 3. The summed E-state index contributed by atoms with van der Waals surface area (Å²) in [5.41, 5.74) is -0.479. The van der Waals surface area contributed by atoms with Crippen LogP contribution in [0.1, 0.15) is 59.8 Å². The normalized spacial score (nSPS) is 23.8. The second-order valence-electron chi connectivity index (χ2n) is 6.17. The molecule has 0 spiro atoms. The van der Waals surface area contributed by atoms with E-state index in [9.17, 15) is 9.59 Å². The molecule has 0 bridgehead atoms. The van der Waals surface area contributed by atoms with Gasteiger partial charge in [-0.2, -0.15) is 0 Å². The molecule has 1 aliphatic carbocycles. The Hall–Kier alpha value is -1.06. The molecule has 0 aromatic rings. The number of hydrogen-bond donors (Lipinski definition) is 1. The van der Waals surface area contributed by atoms with Crippen LogP contribution in [0, 0.1) is 5.92 Å². The lowest BCUT2D eigenvalue weighted by Crippen LogP contribution is -2.36. The summed E-state index contributed by atoms with van der Waals surface area (Å²) in [4.78, 5) is 23.2. The minimum atomic E-state index is -0.479. The summed E-state index contributed by atoms with van der Waals surface area (Å²) < 4.78 is 5.16. The third-order valence-electron chi connectivity index (χ3n) is 3.18. The molecule has 18 heavy (non-hydrogen) atoms. The van der Waals surface area contributed by atoms with Crippen molar-refractivity contribution in [2.45, 2.75) is 71.4 Å². The summed E-state index contributed by atoms with van der Waals surface area (Å²) in [6.07, 6.45) is 3.79. The van der Waals surface area contributed by atoms with Crippen LogP contribution in [-0.4, -0.2) is 23.5 Å². The average molecular weight is 255 g/mol. The SMILES string of the molecule is CC1CCCC1NC(=O)CCC(=O)OC(C)(C)C. The van der Waals surface area contributed by atoms with Crippen molar-refractivity contribution in [1.82, 2.24) is 5.32 Å². The van der Waals surface area contributed by atoms with Gasteiger partial charge in [-0.3, -0.25) is 9.59 Å². The minimum absolute atomic E-state index is 0.0420. The van der Waals surface area contributed by atoms with Gasteiger partial charge in [0.25, 0.3) is 0 Å². The molecule has 1 fully saturated rings. The van der Waals surface area contributed by atoms with Gasteiger partial charge in [0.1, 0.15) is 5.60 Å². The maximum absolute atomic E-state index is 11.7. The van der Waals surface area contributed by atoms with Crippen LogP contribution in [-0.2, 0) is 14.3 Å². The lowest BCUT2D eigenvalue weighted by Gasteiger charge is -2.20. The molecule has 0 aromatic carbocycles. The Labute approximate surface area is 109 Å². The molecule has 2 unspecified atom stereocenters. The van der Waals surface area contributed by atoms with Crippen molar-refractivity contribution in [3.8, 4) is 0 Å². The van der Waals surface area contributed by atoms with Crippen LogP contribution in [0.15, 0.2) is 0 Å². The van der Waals surface area contributed by atoms with Gasteiger partial charge in [-0.1, -0.05) is 13.3 Å². The number of carbonyl (C=O) groups excluding carboxylic acids is 2. The van der Waals surface area contributed by atoms with Gasteiger partial charge in [0, 0.05) is 12.5 Å². The van der Waals surface area contributed by atoms with Gasteiger partial charge >= 0.3 is 5.97 Å². The first-order chi connectivity index (χ1) is 8.28. The zero-order chi connectivity index (χ0) is 13.8. The van der Waals surface area contributed by atoms with Gasteiger partial charge in [0.15, 0.2) is 0 Å². The molecular weight excluding hydrogens is 230 g/mol. The molecule has 104 valence electrons. The van der Waals surface area contributed by atoms with E-state index < -0.39 is 5.60 Å². The van der Waals surface area contributed by atoms with Gasteiger partial charge in [-0.15, -0.1) is 0 Å². The number of carbonyl (C=O) groups is 2. The van der Waals surface area contributed by atoms with E-state index in [4.69, 9.17) is 4.74 Å². The van der Waals surface area contributed by atoms with Crippen LogP contribution < -0.4 is 5.32 Å². The number of rotatable bonds is 4. The van der Waals surface area contributed by atoms with E-state index in [-0.39, 0.29) is 30.8 Å². The lowest BCUT2D eigenvalue weighted by atomic mass is 10.1. The first kappa shape index (κ1) is 15.0. The molecule has 0 aromatic heterocycles. The first-order valence-electron chi connectivity index (χ1n) is 6.79. The molecule has 4 heteroatoms. The Bertz CT molecular complexity index is 307. The van der Waals surface area contributed by atoms with Crippen molar-refractivity contribution in [2.24, 2.45) is 5.92 Å². The van der Waals surface area contributed by atoms with Gasteiger partial charge in [0.2, 0.25) is 5.91 Å². The zero-order valence-corrected chi connectivity index (χ0v) is 11.9. The quantitative estimate of drug-likeness (QED) is 0.785. The maximum atomic E-state index is 11.7. The Balaban J connectivity index is 2.23. The number of esters is 1. The molecule has 1 N–H and O–H groups in total. The molecule has 4 nitrogen and oxygen atoms in total. The molecule has 0 aliphatic heterocycles. The second-order valence-corrected chi connectivity index (χ2v) is 6.17. The Kier molecular flexibility index (Phi) is 5.17. The van der Waals surface area contributed by atoms with E-state index in [1.807, 2.05) is 20.8 Å². The molecule has 0 heterocycles. The molecule has 1 rings (SSSR count). The molecule has 1 saturated carbocycles. The van der Waals surface area contributed by atoms with Crippen molar-refractivity contribution in [3.05, 3.63) is 0 Å². The van der Waals surface area contributed by atoms with Crippen LogP contribution >= 0.6 is 0 Å². The highest BCUT2D eigenvalue weighted by atomic mass is 16.6. The van der Waals surface area contributed by atoms with Gasteiger partial charge in [-0.25, -0.2) is 0 Å². The van der Waals surface area contributed by atoms with E-state index in [1.165, 1.54) is 12.8 Å². The Morgan fingerprint density at radius 1 is 1.22 bits per heavy atom. The van der Waals surface area contributed by atoms with E-state index in [2.05, 4.69) is 12.2 Å². The molecule has 0 saturated heterocycles. The summed E-state index contributed by atoms with van der Waals surface area (Å²) in [5.74, 6) is 0.201. The number of amides is 1. The monoisotopic (exact) mass is 255 g/mol. The third kappa shape index (κ3) is 5.52. The van der Waals surface area contributed by atoms with Crippen LogP contribution in [0.25, 0.3) is 0 Å². The fourth-order valence-corrected chi connectivity index (χ4v) is 2.25. The largest absolute Gasteiger partial charge is 0.460 e. The van der Waals surface area contributed by atoms with Crippen LogP contribution in [0.4, 0.5) is 0 Å². The van der Waals surface area contributed by atoms with Gasteiger partial charge in [-0.05, 0) is 39.5 Å². The fraction of sp³-hybridized carbons (Fsp3) is 0.857. The molecule has 1 aliphatic rings. The van der Waals surface area contributed by atoms with Gasteiger partial charge in [0.05, 0.1) is 6.42 Å². The predicted molar refractivity (Wildman–Crippen MR) is 70.0 cm³/mol. The zero-order valence-electron chi connectivity index (χ0n) is 11.9. The summed E-state index contributed by atoms with van der Waals surface area (Å²) in [6, 6.07) is 0.288. The summed E-state index contributed by atoms with van der Waals surface area (Å²) in [7, 11) is 0. The van der Waals surface area contributed by atoms with E-state index in [0.29, 0.717) is 5.92 Å². The Morgan fingerprint density at radius 2 is 1.89 bits per heavy atom. The summed E-state index contributed by atoms with van der Waals surface area (Å²) >= 11 is 0. The van der Waals surface area contributed by atoms with Crippen LogP contribution in [0.5, 0.6) is 0 Å². The van der Waals surface area contributed by atoms with Crippen LogP contribution in [0.2, 0.25) is 0 Å². The number of ether oxygens (including phenoxy) is 1. The topological polar surface area (TPSA) is 55.4 Å². The molecule has 1 amide bonds. The third-order valence-corrected chi connectivity index (χ3v) is 3.18. The van der Waals surface area contributed by atoms with E-state index in [0.717, 1.165) is 6.42 Å². The van der Waals surface area contributed by atoms with Gasteiger partial charge < -0.3 is 10.1 Å². The summed E-state index contributed by atoms with van der Waals surface area (Å²) in [5, 5.41) is 3.00. The number of nitrogens with one attached hydrogen (secondary N) is 1. The molecule has 2 atom stereocenters. The second kappa shape index (κ2) is 6.21. The first-order valence-corrected chi connectivity index (χ1v) is 6.79. The standard InChI is InChI=1S/C14H25NO3/c1-10-6-5-7-11(10)15-12(16)8-9-13(17)18-14(2,3)4/h10-11H,5-9H2,1-4H3,(H,15,16). The predicted octanol–water partition coefficient (Wildman–Crippen LogP) is 2.41. The minimum Gasteiger partial charge on any atom is -0.460 e.